The second-order valence-electron chi connectivity index (χ2n) is 6.77. The van der Waals surface area contributed by atoms with Crippen molar-refractivity contribution >= 4 is 28.1 Å². The van der Waals surface area contributed by atoms with E-state index >= 15 is 0 Å². The lowest BCUT2D eigenvalue weighted by molar-refractivity contribution is -0.119. The Bertz CT molecular complexity index is 1310. The topological polar surface area (TPSA) is 68.4 Å². The van der Waals surface area contributed by atoms with Gasteiger partial charge in [0.15, 0.2) is 5.65 Å². The highest BCUT2D eigenvalue weighted by atomic mass is 19.1. The number of para-hydroxylation sites is 1. The van der Waals surface area contributed by atoms with Crippen molar-refractivity contribution in [3.8, 4) is 0 Å². The molecule has 0 bridgehead atoms. The molecule has 0 aliphatic rings. The Morgan fingerprint density at radius 2 is 1.93 bits per heavy atom. The number of nitrogens with zero attached hydrogens (tertiary/aromatic N) is 3. The van der Waals surface area contributed by atoms with Gasteiger partial charge in [-0.15, -0.1) is 0 Å². The van der Waals surface area contributed by atoms with Gasteiger partial charge in [0.1, 0.15) is 17.7 Å². The van der Waals surface area contributed by atoms with Crippen LogP contribution in [-0.2, 0) is 4.79 Å². The first-order valence-electron chi connectivity index (χ1n) is 9.16. The SMILES string of the molecule is CCC(C(=O)Nc1ccc(F)cc1F)n1c2ccccc2c2nc(=O)cc(C)n21. The van der Waals surface area contributed by atoms with Gasteiger partial charge in [-0.2, -0.15) is 4.98 Å². The lowest BCUT2D eigenvalue weighted by Crippen LogP contribution is -2.29. The fourth-order valence-corrected chi connectivity index (χ4v) is 3.59. The van der Waals surface area contributed by atoms with Gasteiger partial charge < -0.3 is 5.32 Å². The minimum absolute atomic E-state index is 0.0997. The third-order valence-corrected chi connectivity index (χ3v) is 4.86. The van der Waals surface area contributed by atoms with Gasteiger partial charge in [0.05, 0.1) is 11.2 Å². The number of benzene rings is 2. The summed E-state index contributed by atoms with van der Waals surface area (Å²) < 4.78 is 30.7. The Morgan fingerprint density at radius 3 is 2.66 bits per heavy atom. The molecule has 6 nitrogen and oxygen atoms in total. The van der Waals surface area contributed by atoms with Crippen LogP contribution in [0, 0.1) is 18.6 Å². The molecule has 0 fully saturated rings. The molecule has 2 heterocycles. The number of hydrogen-bond donors (Lipinski definition) is 1. The fraction of sp³-hybridized carbons (Fsp3) is 0.190. The van der Waals surface area contributed by atoms with Gasteiger partial charge in [-0.25, -0.2) is 13.3 Å². The summed E-state index contributed by atoms with van der Waals surface area (Å²) in [5.74, 6) is -2.03. The number of fused-ring (bicyclic) bond motifs is 3. The Balaban J connectivity index is 1.88. The lowest BCUT2D eigenvalue weighted by atomic mass is 10.2. The van der Waals surface area contributed by atoms with Crippen LogP contribution in [0.4, 0.5) is 14.5 Å². The largest absolute Gasteiger partial charge is 0.322 e. The Morgan fingerprint density at radius 1 is 1.17 bits per heavy atom. The second-order valence-corrected chi connectivity index (χ2v) is 6.77. The van der Waals surface area contributed by atoms with Crippen LogP contribution in [0.2, 0.25) is 0 Å². The van der Waals surface area contributed by atoms with E-state index in [1.807, 2.05) is 31.2 Å². The van der Waals surface area contributed by atoms with E-state index in [0.29, 0.717) is 17.8 Å². The highest BCUT2D eigenvalue weighted by Gasteiger charge is 2.25. The zero-order chi connectivity index (χ0) is 20.7. The van der Waals surface area contributed by atoms with Crippen LogP contribution < -0.4 is 10.9 Å². The zero-order valence-electron chi connectivity index (χ0n) is 15.8. The van der Waals surface area contributed by atoms with Crippen LogP contribution >= 0.6 is 0 Å². The molecular formula is C21H18F2N4O2. The molecule has 0 radical (unpaired) electrons. The quantitative estimate of drug-likeness (QED) is 0.570. The summed E-state index contributed by atoms with van der Waals surface area (Å²) >= 11 is 0. The molecule has 0 aliphatic heterocycles. The lowest BCUT2D eigenvalue weighted by Gasteiger charge is -2.20. The van der Waals surface area contributed by atoms with Crippen molar-refractivity contribution in [2.45, 2.75) is 26.3 Å². The van der Waals surface area contributed by atoms with E-state index in [1.54, 1.807) is 16.1 Å². The molecule has 1 N–H and O–H groups in total. The molecule has 0 aliphatic carbocycles. The Kier molecular flexibility index (Phi) is 4.62. The van der Waals surface area contributed by atoms with E-state index in [9.17, 15) is 18.4 Å². The zero-order valence-corrected chi connectivity index (χ0v) is 15.8. The standard InChI is InChI=1S/C21H18F2N4O2/c1-3-17(21(29)24-16-9-8-13(22)11-15(16)23)27-18-7-5-4-6-14(18)20-25-19(28)10-12(2)26(20)27/h4-11,17H,3H2,1-2H3,(H,24,29). The molecule has 0 saturated heterocycles. The van der Waals surface area contributed by atoms with Gasteiger partial charge in [0.2, 0.25) is 5.91 Å². The molecule has 0 saturated carbocycles. The normalized spacial score (nSPS) is 12.4. The van der Waals surface area contributed by atoms with Crippen LogP contribution in [0.1, 0.15) is 25.1 Å². The van der Waals surface area contributed by atoms with Gasteiger partial charge in [0.25, 0.3) is 5.56 Å². The van der Waals surface area contributed by atoms with Crippen LogP contribution in [0.25, 0.3) is 16.6 Å². The van der Waals surface area contributed by atoms with Crippen molar-refractivity contribution in [3.63, 3.8) is 0 Å². The average Bonchev–Trinajstić information content (AvgIpc) is 3.00. The number of aromatic nitrogens is 3. The first kappa shape index (κ1) is 18.8. The summed E-state index contributed by atoms with van der Waals surface area (Å²) in [5, 5.41) is 3.27. The van der Waals surface area contributed by atoms with Crippen LogP contribution in [0.3, 0.4) is 0 Å². The number of rotatable bonds is 4. The fourth-order valence-electron chi connectivity index (χ4n) is 3.59. The third kappa shape index (κ3) is 3.16. The maximum atomic E-state index is 14.0. The number of halogens is 2. The van der Waals surface area contributed by atoms with Gasteiger partial charge in [-0.3, -0.25) is 14.3 Å². The number of carbonyl (C=O) groups excluding carboxylic acids is 1. The third-order valence-electron chi connectivity index (χ3n) is 4.86. The Labute approximate surface area is 164 Å². The molecule has 4 aromatic rings. The molecule has 4 rings (SSSR count). The molecule has 0 spiro atoms. The van der Waals surface area contributed by atoms with Crippen molar-refractivity contribution in [2.24, 2.45) is 0 Å². The van der Waals surface area contributed by atoms with Gasteiger partial charge in [-0.05, 0) is 37.6 Å². The molecule has 2 aromatic carbocycles. The maximum Gasteiger partial charge on any atom is 0.273 e. The summed E-state index contributed by atoms with van der Waals surface area (Å²) in [7, 11) is 0. The van der Waals surface area contributed by atoms with E-state index in [4.69, 9.17) is 0 Å². The summed E-state index contributed by atoms with van der Waals surface area (Å²) in [6, 6.07) is 11.0. The van der Waals surface area contributed by atoms with E-state index in [0.717, 1.165) is 23.0 Å². The van der Waals surface area contributed by atoms with Crippen molar-refractivity contribution in [1.82, 2.24) is 14.2 Å². The van der Waals surface area contributed by atoms with Crippen LogP contribution in [0.15, 0.2) is 53.3 Å². The average molecular weight is 396 g/mol. The molecule has 1 atom stereocenters. The minimum Gasteiger partial charge on any atom is -0.322 e. The Hall–Kier alpha value is -3.55. The molecule has 2 aromatic heterocycles. The summed E-state index contributed by atoms with van der Waals surface area (Å²) in [4.78, 5) is 29.1. The van der Waals surface area contributed by atoms with E-state index in [1.165, 1.54) is 12.1 Å². The molecule has 1 amide bonds. The summed E-state index contributed by atoms with van der Waals surface area (Å²) in [6.45, 7) is 3.59. The predicted molar refractivity (Wildman–Crippen MR) is 106 cm³/mol. The molecule has 29 heavy (non-hydrogen) atoms. The minimum atomic E-state index is -0.850. The van der Waals surface area contributed by atoms with Crippen LogP contribution in [-0.4, -0.2) is 20.1 Å². The molecule has 148 valence electrons. The number of amides is 1. The highest BCUT2D eigenvalue weighted by molar-refractivity contribution is 5.97. The number of hydrogen-bond acceptors (Lipinski definition) is 3. The molecule has 8 heteroatoms. The van der Waals surface area contributed by atoms with Crippen molar-refractivity contribution in [2.75, 3.05) is 5.32 Å². The van der Waals surface area contributed by atoms with Gasteiger partial charge in [-0.1, -0.05) is 19.1 Å². The number of aryl methyl sites for hydroxylation is 1. The maximum absolute atomic E-state index is 14.0. The number of carbonyl (C=O) groups is 1. The summed E-state index contributed by atoms with van der Waals surface area (Å²) in [5.41, 5.74) is 1.32. The van der Waals surface area contributed by atoms with E-state index < -0.39 is 23.6 Å². The second kappa shape index (κ2) is 7.12. The first-order valence-corrected chi connectivity index (χ1v) is 9.16. The van der Waals surface area contributed by atoms with Crippen LogP contribution in [0.5, 0.6) is 0 Å². The number of anilines is 1. The van der Waals surface area contributed by atoms with Crippen molar-refractivity contribution < 1.29 is 13.6 Å². The first-order chi connectivity index (χ1) is 13.9. The summed E-state index contributed by atoms with van der Waals surface area (Å²) in [6.07, 6.45) is 0.397. The smallest absolute Gasteiger partial charge is 0.273 e. The number of nitrogens with one attached hydrogen (secondary N) is 1. The molecule has 1 unspecified atom stereocenters. The van der Waals surface area contributed by atoms with Crippen molar-refractivity contribution in [1.29, 1.82) is 0 Å². The molecular weight excluding hydrogens is 378 g/mol. The van der Waals surface area contributed by atoms with E-state index in [2.05, 4.69) is 10.3 Å². The highest BCUT2D eigenvalue weighted by Crippen LogP contribution is 2.27. The van der Waals surface area contributed by atoms with E-state index in [-0.39, 0.29) is 11.2 Å². The van der Waals surface area contributed by atoms with Crippen molar-refractivity contribution in [3.05, 3.63) is 76.2 Å². The van der Waals surface area contributed by atoms with Gasteiger partial charge in [0, 0.05) is 23.2 Å². The predicted octanol–water partition coefficient (Wildman–Crippen LogP) is 3.83. The van der Waals surface area contributed by atoms with Gasteiger partial charge >= 0.3 is 0 Å². The monoisotopic (exact) mass is 396 g/mol.